The molecule has 5 aromatic rings. The normalized spacial score (nSPS) is 10.8. The minimum Gasteiger partial charge on any atom is -0.497 e. The van der Waals surface area contributed by atoms with E-state index in [2.05, 4.69) is 35.2 Å². The number of fused-ring (bicyclic) bond motifs is 1. The molecule has 0 fully saturated rings. The number of benzene rings is 2. The number of carbonyl (C=O) groups is 1. The Morgan fingerprint density at radius 3 is 2.97 bits per heavy atom. The first kappa shape index (κ1) is 20.9. The van der Waals surface area contributed by atoms with Crippen LogP contribution in [-0.4, -0.2) is 37.6 Å². The van der Waals surface area contributed by atoms with Gasteiger partial charge in [0, 0.05) is 34.2 Å². The Bertz CT molecular complexity index is 1470. The van der Waals surface area contributed by atoms with Gasteiger partial charge in [-0.25, -0.2) is 4.98 Å². The fourth-order valence-corrected chi connectivity index (χ4v) is 4.04. The number of halogens is 1. The van der Waals surface area contributed by atoms with Crippen LogP contribution in [0.5, 0.6) is 5.75 Å². The number of aromatic amines is 1. The predicted molar refractivity (Wildman–Crippen MR) is 128 cm³/mol. The summed E-state index contributed by atoms with van der Waals surface area (Å²) < 4.78 is 9.59. The van der Waals surface area contributed by atoms with Gasteiger partial charge in [-0.3, -0.25) is 9.89 Å². The van der Waals surface area contributed by atoms with Crippen molar-refractivity contribution >= 4 is 56.6 Å². The molecule has 9 nitrogen and oxygen atoms in total. The van der Waals surface area contributed by atoms with Gasteiger partial charge in [0.2, 0.25) is 5.13 Å². The monoisotopic (exact) mass is 477 g/mol. The maximum atomic E-state index is 12.6. The molecule has 0 bridgehead atoms. The number of hydrogen-bond donors (Lipinski definition) is 3. The van der Waals surface area contributed by atoms with Crippen molar-refractivity contribution in [3.05, 3.63) is 71.5 Å². The van der Waals surface area contributed by atoms with Crippen molar-refractivity contribution in [3.63, 3.8) is 0 Å². The zero-order chi connectivity index (χ0) is 22.8. The molecule has 11 heteroatoms. The second kappa shape index (κ2) is 8.85. The summed E-state index contributed by atoms with van der Waals surface area (Å²) in [4.78, 5) is 21.3. The molecular formula is C22H16ClN7O2S. The van der Waals surface area contributed by atoms with Gasteiger partial charge < -0.3 is 15.4 Å². The third kappa shape index (κ3) is 4.34. The zero-order valence-electron chi connectivity index (χ0n) is 17.2. The lowest BCUT2D eigenvalue weighted by Crippen LogP contribution is -2.13. The summed E-state index contributed by atoms with van der Waals surface area (Å²) in [7, 11) is 1.55. The van der Waals surface area contributed by atoms with E-state index in [1.54, 1.807) is 55.9 Å². The largest absolute Gasteiger partial charge is 0.497 e. The molecule has 33 heavy (non-hydrogen) atoms. The number of anilines is 3. The number of pyridine rings is 1. The fraction of sp³-hybridized carbons (Fsp3) is 0.0455. The highest BCUT2D eigenvalue weighted by atomic mass is 35.5. The van der Waals surface area contributed by atoms with Crippen molar-refractivity contribution in [2.75, 3.05) is 17.7 Å². The van der Waals surface area contributed by atoms with Crippen molar-refractivity contribution in [2.24, 2.45) is 0 Å². The molecule has 0 aliphatic heterocycles. The van der Waals surface area contributed by atoms with Crippen LogP contribution in [0.4, 0.5) is 16.6 Å². The highest BCUT2D eigenvalue weighted by molar-refractivity contribution is 7.10. The minimum absolute atomic E-state index is 0.295. The number of aromatic nitrogens is 5. The van der Waals surface area contributed by atoms with Gasteiger partial charge in [-0.2, -0.15) is 14.5 Å². The molecule has 0 aliphatic carbocycles. The lowest BCUT2D eigenvalue weighted by atomic mass is 10.2. The van der Waals surface area contributed by atoms with Crippen LogP contribution in [0.2, 0.25) is 5.02 Å². The molecule has 5 rings (SSSR count). The quantitative estimate of drug-likeness (QED) is 0.310. The number of amides is 1. The van der Waals surface area contributed by atoms with E-state index in [1.165, 1.54) is 11.5 Å². The van der Waals surface area contributed by atoms with Gasteiger partial charge in [0.1, 0.15) is 11.6 Å². The number of nitrogens with zero attached hydrogens (tertiary/aromatic N) is 4. The molecule has 0 aliphatic rings. The maximum Gasteiger partial charge on any atom is 0.256 e. The van der Waals surface area contributed by atoms with Gasteiger partial charge in [0.15, 0.2) is 5.82 Å². The highest BCUT2D eigenvalue weighted by Crippen LogP contribution is 2.33. The van der Waals surface area contributed by atoms with Crippen molar-refractivity contribution < 1.29 is 9.53 Å². The summed E-state index contributed by atoms with van der Waals surface area (Å²) in [6, 6.07) is 14.1. The summed E-state index contributed by atoms with van der Waals surface area (Å²) >= 11 is 7.67. The summed E-state index contributed by atoms with van der Waals surface area (Å²) in [5, 5.41) is 14.8. The first-order valence-corrected chi connectivity index (χ1v) is 10.9. The Balaban J connectivity index is 1.33. The summed E-state index contributed by atoms with van der Waals surface area (Å²) in [6.45, 7) is 0. The van der Waals surface area contributed by atoms with E-state index in [-0.39, 0.29) is 5.91 Å². The van der Waals surface area contributed by atoms with Crippen LogP contribution in [0.3, 0.4) is 0 Å². The van der Waals surface area contributed by atoms with Gasteiger partial charge in [-0.1, -0.05) is 17.7 Å². The van der Waals surface area contributed by atoms with Crippen molar-refractivity contribution in [2.45, 2.75) is 0 Å². The molecule has 2 aromatic carbocycles. The summed E-state index contributed by atoms with van der Waals surface area (Å²) in [5.74, 6) is 1.19. The topological polar surface area (TPSA) is 118 Å². The van der Waals surface area contributed by atoms with Gasteiger partial charge in [0.05, 0.1) is 29.5 Å². The molecule has 0 radical (unpaired) electrons. The van der Waals surface area contributed by atoms with Crippen LogP contribution < -0.4 is 15.4 Å². The average molecular weight is 478 g/mol. The van der Waals surface area contributed by atoms with E-state index < -0.39 is 0 Å². The number of methoxy groups -OCH3 is 1. The molecule has 0 spiro atoms. The molecule has 0 saturated carbocycles. The molecule has 0 unspecified atom stereocenters. The Hall–Kier alpha value is -4.02. The van der Waals surface area contributed by atoms with Crippen LogP contribution in [0.1, 0.15) is 10.4 Å². The summed E-state index contributed by atoms with van der Waals surface area (Å²) in [6.07, 6.45) is 3.26. The number of ether oxygens (including phenoxy) is 1. The Morgan fingerprint density at radius 2 is 2.09 bits per heavy atom. The number of rotatable bonds is 6. The minimum atomic E-state index is -0.295. The number of carbonyl (C=O) groups excluding carboxylic acids is 1. The lowest BCUT2D eigenvalue weighted by molar-refractivity contribution is 0.102. The van der Waals surface area contributed by atoms with Crippen LogP contribution in [0.15, 0.2) is 60.9 Å². The van der Waals surface area contributed by atoms with Crippen LogP contribution in [0, 0.1) is 0 Å². The van der Waals surface area contributed by atoms with Crippen LogP contribution >= 0.6 is 23.1 Å². The van der Waals surface area contributed by atoms with Crippen LogP contribution in [0.25, 0.3) is 22.3 Å². The van der Waals surface area contributed by atoms with Crippen molar-refractivity contribution in [1.29, 1.82) is 0 Å². The molecule has 164 valence electrons. The van der Waals surface area contributed by atoms with Gasteiger partial charge >= 0.3 is 0 Å². The molecule has 0 saturated heterocycles. The van der Waals surface area contributed by atoms with E-state index >= 15 is 0 Å². The third-order valence-corrected chi connectivity index (χ3v) is 5.86. The van der Waals surface area contributed by atoms with Gasteiger partial charge in [-0.15, -0.1) is 0 Å². The first-order chi connectivity index (χ1) is 16.1. The first-order valence-electron chi connectivity index (χ1n) is 9.75. The lowest BCUT2D eigenvalue weighted by Gasteiger charge is -2.07. The molecule has 1 amide bonds. The molecule has 3 heterocycles. The SMILES string of the molecule is COc1cccc(C(=O)Nc2cc(-c3nsc(Nc4ccc5[nH]ncc5c4Cl)n3)ccn2)c1. The molecule has 3 aromatic heterocycles. The van der Waals surface area contributed by atoms with E-state index in [1.807, 2.05) is 12.1 Å². The number of H-pyrrole nitrogens is 1. The zero-order valence-corrected chi connectivity index (χ0v) is 18.7. The Kier molecular flexibility index (Phi) is 5.59. The molecule has 3 N–H and O–H groups in total. The van der Waals surface area contributed by atoms with E-state index in [0.29, 0.717) is 44.4 Å². The number of hydrogen-bond acceptors (Lipinski definition) is 8. The van der Waals surface area contributed by atoms with Crippen LogP contribution in [-0.2, 0) is 0 Å². The third-order valence-electron chi connectivity index (χ3n) is 4.82. The number of nitrogens with one attached hydrogen (secondary N) is 3. The second-order valence-corrected chi connectivity index (χ2v) is 8.05. The molecule has 0 atom stereocenters. The van der Waals surface area contributed by atoms with Gasteiger partial charge in [0.25, 0.3) is 5.91 Å². The second-order valence-electron chi connectivity index (χ2n) is 6.92. The predicted octanol–water partition coefficient (Wildman–Crippen LogP) is 5.13. The van der Waals surface area contributed by atoms with E-state index in [9.17, 15) is 4.79 Å². The standard InChI is InChI=1S/C22H16ClN7O2S/c1-32-14-4-2-3-13(9-14)21(31)27-18-10-12(7-8-24-18)20-28-22(33-30-20)26-17-6-5-16-15(19(17)23)11-25-29-16/h2-11H,1H3,(H,25,29)(H,24,27,31)(H,26,28,30). The summed E-state index contributed by atoms with van der Waals surface area (Å²) in [5.41, 5.74) is 2.73. The Morgan fingerprint density at radius 1 is 1.18 bits per heavy atom. The van der Waals surface area contributed by atoms with Crippen molar-refractivity contribution in [1.82, 2.24) is 24.5 Å². The highest BCUT2D eigenvalue weighted by Gasteiger charge is 2.13. The van der Waals surface area contributed by atoms with E-state index in [0.717, 1.165) is 10.9 Å². The molecular weight excluding hydrogens is 462 g/mol. The smallest absolute Gasteiger partial charge is 0.256 e. The maximum absolute atomic E-state index is 12.6. The van der Waals surface area contributed by atoms with Gasteiger partial charge in [-0.05, 0) is 42.5 Å². The van der Waals surface area contributed by atoms with E-state index in [4.69, 9.17) is 16.3 Å². The average Bonchev–Trinajstić information content (AvgIpc) is 3.51. The van der Waals surface area contributed by atoms with Crippen molar-refractivity contribution in [3.8, 4) is 17.1 Å². The Labute approximate surface area is 197 Å². The fourth-order valence-electron chi connectivity index (χ4n) is 3.18.